The molecule has 9 nitrogen and oxygen atoms in total. The lowest BCUT2D eigenvalue weighted by atomic mass is 10.2. The highest BCUT2D eigenvalue weighted by molar-refractivity contribution is 5.88. The van der Waals surface area contributed by atoms with Crippen molar-refractivity contribution in [1.82, 2.24) is 14.1 Å². The molecule has 0 saturated heterocycles. The molecule has 0 amide bonds. The van der Waals surface area contributed by atoms with E-state index in [4.69, 9.17) is 9.47 Å². The SMILES string of the molecule is COc1cc(OC)c2cc(CCCNc3c(C#N)c(=O)n(C)c(=O)n3C)[nH]c2c1. The first kappa shape index (κ1) is 20.1. The summed E-state index contributed by atoms with van der Waals surface area (Å²) in [5.74, 6) is 1.68. The quantitative estimate of drug-likeness (QED) is 0.584. The molecule has 1 aromatic carbocycles. The number of H-pyrrole nitrogens is 1. The Labute approximate surface area is 167 Å². The second kappa shape index (κ2) is 8.14. The smallest absolute Gasteiger partial charge is 0.332 e. The Morgan fingerprint density at radius 3 is 2.55 bits per heavy atom. The molecule has 0 aliphatic carbocycles. The number of nitrogens with one attached hydrogen (secondary N) is 2. The van der Waals surface area contributed by atoms with Crippen LogP contribution in [0.5, 0.6) is 11.5 Å². The summed E-state index contributed by atoms with van der Waals surface area (Å²) in [6.45, 7) is 0.491. The number of rotatable bonds is 7. The minimum atomic E-state index is -0.602. The highest BCUT2D eigenvalue weighted by Gasteiger charge is 2.15. The molecule has 29 heavy (non-hydrogen) atoms. The molecule has 0 aliphatic heterocycles. The lowest BCUT2D eigenvalue weighted by Crippen LogP contribution is -2.40. The standard InChI is InChI=1S/C20H23N5O4/c1-24-18(15(11-21)19(26)25(2)20(24)27)22-7-5-6-12-8-14-16(23-12)9-13(28-3)10-17(14)29-4/h8-10,22-23H,5-7H2,1-4H3. The number of anilines is 1. The Morgan fingerprint density at radius 1 is 1.14 bits per heavy atom. The van der Waals surface area contributed by atoms with Crippen LogP contribution in [-0.4, -0.2) is 34.9 Å². The normalized spacial score (nSPS) is 10.7. The molecule has 0 bridgehead atoms. The molecule has 0 fully saturated rings. The average molecular weight is 397 g/mol. The van der Waals surface area contributed by atoms with Crippen molar-refractivity contribution >= 4 is 16.7 Å². The van der Waals surface area contributed by atoms with Gasteiger partial charge in [0, 0.05) is 43.9 Å². The Morgan fingerprint density at radius 2 is 1.90 bits per heavy atom. The van der Waals surface area contributed by atoms with Crippen molar-refractivity contribution < 1.29 is 9.47 Å². The van der Waals surface area contributed by atoms with Gasteiger partial charge in [0.25, 0.3) is 5.56 Å². The summed E-state index contributed by atoms with van der Waals surface area (Å²) in [6, 6.07) is 7.66. The first-order chi connectivity index (χ1) is 13.9. The highest BCUT2D eigenvalue weighted by Crippen LogP contribution is 2.31. The number of hydrogen-bond acceptors (Lipinski definition) is 6. The van der Waals surface area contributed by atoms with Crippen LogP contribution in [0.3, 0.4) is 0 Å². The van der Waals surface area contributed by atoms with E-state index in [1.807, 2.05) is 24.3 Å². The molecule has 0 unspecified atom stereocenters. The van der Waals surface area contributed by atoms with Crippen LogP contribution in [0, 0.1) is 11.3 Å². The zero-order valence-corrected chi connectivity index (χ0v) is 16.8. The molecule has 0 atom stereocenters. The summed E-state index contributed by atoms with van der Waals surface area (Å²) in [7, 11) is 6.11. The van der Waals surface area contributed by atoms with Crippen LogP contribution in [0.25, 0.3) is 10.9 Å². The number of aromatic nitrogens is 3. The van der Waals surface area contributed by atoms with Gasteiger partial charge in [-0.25, -0.2) is 4.79 Å². The van der Waals surface area contributed by atoms with Crippen LogP contribution in [0.4, 0.5) is 5.82 Å². The first-order valence-electron chi connectivity index (χ1n) is 9.08. The van der Waals surface area contributed by atoms with Crippen molar-refractivity contribution in [3.63, 3.8) is 0 Å². The zero-order valence-electron chi connectivity index (χ0n) is 16.8. The van der Waals surface area contributed by atoms with Gasteiger partial charge >= 0.3 is 5.69 Å². The van der Waals surface area contributed by atoms with E-state index in [1.54, 1.807) is 14.2 Å². The first-order valence-corrected chi connectivity index (χ1v) is 9.08. The second-order valence-corrected chi connectivity index (χ2v) is 6.66. The van der Waals surface area contributed by atoms with E-state index >= 15 is 0 Å². The summed E-state index contributed by atoms with van der Waals surface area (Å²) in [5.41, 5.74) is 0.788. The van der Waals surface area contributed by atoms with Gasteiger partial charge in [-0.2, -0.15) is 5.26 Å². The summed E-state index contributed by atoms with van der Waals surface area (Å²) in [4.78, 5) is 27.6. The van der Waals surface area contributed by atoms with Gasteiger partial charge in [-0.05, 0) is 18.9 Å². The summed E-state index contributed by atoms with van der Waals surface area (Å²) in [5, 5.41) is 13.3. The maximum absolute atomic E-state index is 12.1. The number of fused-ring (bicyclic) bond motifs is 1. The second-order valence-electron chi connectivity index (χ2n) is 6.66. The number of ether oxygens (including phenoxy) is 2. The van der Waals surface area contributed by atoms with Crippen LogP contribution in [0.2, 0.25) is 0 Å². The maximum Gasteiger partial charge on any atom is 0.332 e. The van der Waals surface area contributed by atoms with Gasteiger partial charge in [0.1, 0.15) is 23.4 Å². The Balaban J connectivity index is 1.74. The lowest BCUT2D eigenvalue weighted by Gasteiger charge is -2.13. The highest BCUT2D eigenvalue weighted by atomic mass is 16.5. The monoisotopic (exact) mass is 397 g/mol. The van der Waals surface area contributed by atoms with Crippen molar-refractivity contribution in [2.24, 2.45) is 14.1 Å². The number of benzene rings is 1. The third-order valence-electron chi connectivity index (χ3n) is 4.88. The van der Waals surface area contributed by atoms with Gasteiger partial charge in [-0.3, -0.25) is 13.9 Å². The van der Waals surface area contributed by atoms with Crippen molar-refractivity contribution in [3.05, 3.63) is 50.3 Å². The molecular weight excluding hydrogens is 374 g/mol. The predicted molar refractivity (Wildman–Crippen MR) is 110 cm³/mol. The van der Waals surface area contributed by atoms with Crippen molar-refractivity contribution in [2.45, 2.75) is 12.8 Å². The molecule has 152 valence electrons. The fourth-order valence-electron chi connectivity index (χ4n) is 3.30. The summed E-state index contributed by atoms with van der Waals surface area (Å²) in [6.07, 6.45) is 1.45. The van der Waals surface area contributed by atoms with Gasteiger partial charge in [-0.15, -0.1) is 0 Å². The fraction of sp³-hybridized carbons (Fsp3) is 0.350. The van der Waals surface area contributed by atoms with Gasteiger partial charge in [0.2, 0.25) is 0 Å². The largest absolute Gasteiger partial charge is 0.497 e. The molecule has 0 radical (unpaired) electrons. The molecule has 9 heteroatoms. The topological polar surface area (TPSA) is 114 Å². The molecule has 0 spiro atoms. The molecule has 3 rings (SSSR count). The maximum atomic E-state index is 12.1. The van der Waals surface area contributed by atoms with E-state index in [1.165, 1.54) is 18.7 Å². The molecule has 0 aliphatic rings. The molecular formula is C20H23N5O4. The van der Waals surface area contributed by atoms with Crippen molar-refractivity contribution in [1.29, 1.82) is 5.26 Å². The van der Waals surface area contributed by atoms with Crippen LogP contribution >= 0.6 is 0 Å². The third-order valence-corrected chi connectivity index (χ3v) is 4.88. The van der Waals surface area contributed by atoms with E-state index in [-0.39, 0.29) is 11.4 Å². The van der Waals surface area contributed by atoms with E-state index in [2.05, 4.69) is 10.3 Å². The number of aryl methyl sites for hydroxylation is 1. The van der Waals surface area contributed by atoms with Crippen LogP contribution in [0.15, 0.2) is 27.8 Å². The Hall–Kier alpha value is -3.67. The van der Waals surface area contributed by atoms with Crippen LogP contribution in [0.1, 0.15) is 17.7 Å². The van der Waals surface area contributed by atoms with E-state index in [0.29, 0.717) is 12.3 Å². The minimum absolute atomic E-state index is 0.0722. The van der Waals surface area contributed by atoms with Crippen LogP contribution in [-0.2, 0) is 20.5 Å². The molecule has 2 aromatic heterocycles. The fourth-order valence-corrected chi connectivity index (χ4v) is 3.30. The average Bonchev–Trinajstić information content (AvgIpc) is 3.15. The summed E-state index contributed by atoms with van der Waals surface area (Å²) >= 11 is 0. The van der Waals surface area contributed by atoms with Gasteiger partial charge in [0.15, 0.2) is 5.56 Å². The minimum Gasteiger partial charge on any atom is -0.497 e. The zero-order chi connectivity index (χ0) is 21.1. The number of methoxy groups -OCH3 is 2. The predicted octanol–water partition coefficient (Wildman–Crippen LogP) is 1.50. The van der Waals surface area contributed by atoms with Gasteiger partial charge < -0.3 is 19.8 Å². The Bertz CT molecular complexity index is 1210. The van der Waals surface area contributed by atoms with E-state index in [9.17, 15) is 14.9 Å². The molecule has 2 N–H and O–H groups in total. The number of nitriles is 1. The number of hydrogen-bond donors (Lipinski definition) is 2. The molecule has 0 saturated carbocycles. The van der Waals surface area contributed by atoms with Crippen molar-refractivity contribution in [3.8, 4) is 17.6 Å². The van der Waals surface area contributed by atoms with E-state index < -0.39 is 11.2 Å². The van der Waals surface area contributed by atoms with Gasteiger partial charge in [-0.1, -0.05) is 0 Å². The van der Waals surface area contributed by atoms with Crippen LogP contribution < -0.4 is 26.0 Å². The number of nitrogens with zero attached hydrogens (tertiary/aromatic N) is 3. The Kier molecular flexibility index (Phi) is 5.64. The van der Waals surface area contributed by atoms with E-state index in [0.717, 1.165) is 39.8 Å². The molecule has 3 aromatic rings. The third kappa shape index (κ3) is 3.69. The lowest BCUT2D eigenvalue weighted by molar-refractivity contribution is 0.398. The van der Waals surface area contributed by atoms with Gasteiger partial charge in [0.05, 0.1) is 19.7 Å². The molecule has 2 heterocycles. The number of aromatic amines is 1. The summed E-state index contributed by atoms with van der Waals surface area (Å²) < 4.78 is 12.9. The van der Waals surface area contributed by atoms with Crippen molar-refractivity contribution in [2.75, 3.05) is 26.1 Å².